The van der Waals surface area contributed by atoms with Gasteiger partial charge in [-0.15, -0.1) is 0 Å². The van der Waals surface area contributed by atoms with Crippen LogP contribution in [-0.2, 0) is 4.74 Å². The average molecular weight is 193 g/mol. The minimum atomic E-state index is 0.389. The molecule has 14 heavy (non-hydrogen) atoms. The van der Waals surface area contributed by atoms with E-state index in [1.807, 2.05) is 0 Å². The van der Waals surface area contributed by atoms with Crippen molar-refractivity contribution in [2.24, 2.45) is 0 Å². The molecule has 0 aromatic carbocycles. The SMILES string of the molecule is C1=CN2C(CC1)OCC21CCCCC1. The number of ether oxygens (including phenoxy) is 1. The lowest BCUT2D eigenvalue weighted by molar-refractivity contribution is 0.0360. The summed E-state index contributed by atoms with van der Waals surface area (Å²) in [4.78, 5) is 2.52. The van der Waals surface area contributed by atoms with E-state index in [0.717, 1.165) is 6.61 Å². The van der Waals surface area contributed by atoms with Gasteiger partial charge in [0.15, 0.2) is 0 Å². The summed E-state index contributed by atoms with van der Waals surface area (Å²) in [5, 5.41) is 0. The van der Waals surface area contributed by atoms with Gasteiger partial charge in [0.05, 0.1) is 12.1 Å². The summed E-state index contributed by atoms with van der Waals surface area (Å²) in [5.74, 6) is 0. The molecule has 78 valence electrons. The van der Waals surface area contributed by atoms with E-state index in [0.29, 0.717) is 11.8 Å². The molecular weight excluding hydrogens is 174 g/mol. The second-order valence-electron chi connectivity index (χ2n) is 4.92. The van der Waals surface area contributed by atoms with Crippen molar-refractivity contribution in [3.8, 4) is 0 Å². The largest absolute Gasteiger partial charge is 0.356 e. The van der Waals surface area contributed by atoms with Gasteiger partial charge in [0.25, 0.3) is 0 Å². The van der Waals surface area contributed by atoms with Crippen molar-refractivity contribution in [1.82, 2.24) is 4.90 Å². The highest BCUT2D eigenvalue weighted by atomic mass is 16.5. The molecule has 2 nitrogen and oxygen atoms in total. The van der Waals surface area contributed by atoms with E-state index < -0.39 is 0 Å². The Morgan fingerprint density at radius 1 is 1.21 bits per heavy atom. The van der Waals surface area contributed by atoms with Crippen LogP contribution in [0.3, 0.4) is 0 Å². The lowest BCUT2D eigenvalue weighted by atomic mass is 9.81. The van der Waals surface area contributed by atoms with Gasteiger partial charge in [-0.3, -0.25) is 0 Å². The monoisotopic (exact) mass is 193 g/mol. The van der Waals surface area contributed by atoms with Crippen LogP contribution in [0.4, 0.5) is 0 Å². The first kappa shape index (κ1) is 8.78. The summed E-state index contributed by atoms with van der Waals surface area (Å²) >= 11 is 0. The van der Waals surface area contributed by atoms with Gasteiger partial charge >= 0.3 is 0 Å². The molecule has 1 saturated carbocycles. The van der Waals surface area contributed by atoms with Gasteiger partial charge in [-0.1, -0.05) is 25.3 Å². The third-order valence-corrected chi connectivity index (χ3v) is 4.03. The molecule has 3 rings (SSSR count). The highest BCUT2D eigenvalue weighted by Crippen LogP contribution is 2.42. The van der Waals surface area contributed by atoms with Crippen LogP contribution in [-0.4, -0.2) is 23.3 Å². The Hall–Kier alpha value is -0.500. The lowest BCUT2D eigenvalue weighted by Crippen LogP contribution is -2.47. The second-order valence-corrected chi connectivity index (χ2v) is 4.92. The number of hydrogen-bond donors (Lipinski definition) is 0. The molecule has 0 radical (unpaired) electrons. The third-order valence-electron chi connectivity index (χ3n) is 4.03. The first-order valence-corrected chi connectivity index (χ1v) is 5.97. The Kier molecular flexibility index (Phi) is 2.05. The maximum atomic E-state index is 5.92. The molecule has 0 amide bonds. The molecular formula is C12H19NO. The fraction of sp³-hybridized carbons (Fsp3) is 0.833. The molecule has 0 N–H and O–H groups in total. The van der Waals surface area contributed by atoms with Gasteiger partial charge in [-0.05, 0) is 31.9 Å². The van der Waals surface area contributed by atoms with Crippen LogP contribution in [0.2, 0.25) is 0 Å². The van der Waals surface area contributed by atoms with Gasteiger partial charge in [0, 0.05) is 0 Å². The van der Waals surface area contributed by atoms with Crippen molar-refractivity contribution in [2.75, 3.05) is 6.61 Å². The summed E-state index contributed by atoms with van der Waals surface area (Å²) in [6, 6.07) is 0. The first-order valence-electron chi connectivity index (χ1n) is 5.97. The van der Waals surface area contributed by atoms with E-state index >= 15 is 0 Å². The van der Waals surface area contributed by atoms with Gasteiger partial charge in [0.2, 0.25) is 0 Å². The van der Waals surface area contributed by atoms with E-state index in [9.17, 15) is 0 Å². The van der Waals surface area contributed by atoms with Crippen LogP contribution < -0.4 is 0 Å². The fourth-order valence-corrected chi connectivity index (χ4v) is 3.23. The molecule has 2 heteroatoms. The number of allylic oxidation sites excluding steroid dienone is 1. The number of rotatable bonds is 0. The summed E-state index contributed by atoms with van der Waals surface area (Å²) in [6.45, 7) is 0.974. The molecule has 1 unspecified atom stereocenters. The van der Waals surface area contributed by atoms with E-state index in [4.69, 9.17) is 4.74 Å². The minimum Gasteiger partial charge on any atom is -0.356 e. The maximum absolute atomic E-state index is 5.92. The first-order chi connectivity index (χ1) is 6.91. The molecule has 1 saturated heterocycles. The third kappa shape index (κ3) is 1.20. The molecule has 1 atom stereocenters. The highest BCUT2D eigenvalue weighted by Gasteiger charge is 2.46. The van der Waals surface area contributed by atoms with Crippen LogP contribution in [0.15, 0.2) is 12.3 Å². The average Bonchev–Trinajstić information content (AvgIpc) is 2.60. The topological polar surface area (TPSA) is 12.5 Å². The predicted octanol–water partition coefficient (Wildman–Crippen LogP) is 2.66. The Labute approximate surface area is 85.9 Å². The number of nitrogens with zero attached hydrogens (tertiary/aromatic N) is 1. The zero-order valence-corrected chi connectivity index (χ0v) is 8.74. The van der Waals surface area contributed by atoms with Crippen molar-refractivity contribution in [1.29, 1.82) is 0 Å². The Morgan fingerprint density at radius 3 is 2.93 bits per heavy atom. The summed E-state index contributed by atoms with van der Waals surface area (Å²) < 4.78 is 5.92. The zero-order valence-electron chi connectivity index (χ0n) is 8.74. The lowest BCUT2D eigenvalue weighted by Gasteiger charge is -2.42. The van der Waals surface area contributed by atoms with Crippen LogP contribution in [0.5, 0.6) is 0 Å². The molecule has 1 spiro atoms. The van der Waals surface area contributed by atoms with E-state index in [-0.39, 0.29) is 0 Å². The molecule has 1 aliphatic carbocycles. The van der Waals surface area contributed by atoms with E-state index in [2.05, 4.69) is 17.2 Å². The van der Waals surface area contributed by atoms with Gasteiger partial charge in [-0.2, -0.15) is 0 Å². The van der Waals surface area contributed by atoms with Crippen molar-refractivity contribution in [3.05, 3.63) is 12.3 Å². The fourth-order valence-electron chi connectivity index (χ4n) is 3.23. The molecule has 2 heterocycles. The zero-order chi connectivity index (χ0) is 9.43. The predicted molar refractivity (Wildman–Crippen MR) is 55.8 cm³/mol. The van der Waals surface area contributed by atoms with Crippen molar-refractivity contribution in [3.63, 3.8) is 0 Å². The molecule has 3 aliphatic rings. The number of fused-ring (bicyclic) bond motifs is 2. The Morgan fingerprint density at radius 2 is 2.07 bits per heavy atom. The molecule has 0 aromatic heterocycles. The molecule has 0 bridgehead atoms. The quantitative estimate of drug-likeness (QED) is 0.586. The highest BCUT2D eigenvalue weighted by molar-refractivity contribution is 5.06. The second kappa shape index (κ2) is 3.27. The minimum absolute atomic E-state index is 0.389. The summed E-state index contributed by atoms with van der Waals surface area (Å²) in [7, 11) is 0. The Balaban J connectivity index is 1.85. The standard InChI is InChI=1S/C12H19NO/c1-3-7-12(8-4-1)10-14-11-6-2-5-9-13(11)12/h5,9,11H,1-4,6-8,10H2. The molecule has 2 aliphatic heterocycles. The van der Waals surface area contributed by atoms with Crippen molar-refractivity contribution >= 4 is 0 Å². The van der Waals surface area contributed by atoms with Crippen molar-refractivity contribution in [2.45, 2.75) is 56.7 Å². The molecule has 2 fully saturated rings. The van der Waals surface area contributed by atoms with Crippen LogP contribution >= 0.6 is 0 Å². The normalized spacial score (nSPS) is 34.9. The van der Waals surface area contributed by atoms with E-state index in [1.165, 1.54) is 44.9 Å². The van der Waals surface area contributed by atoms with Gasteiger partial charge in [-0.25, -0.2) is 0 Å². The molecule has 0 aromatic rings. The van der Waals surface area contributed by atoms with Crippen LogP contribution in [0.1, 0.15) is 44.9 Å². The van der Waals surface area contributed by atoms with Gasteiger partial charge < -0.3 is 9.64 Å². The van der Waals surface area contributed by atoms with E-state index in [1.54, 1.807) is 0 Å². The smallest absolute Gasteiger partial charge is 0.130 e. The van der Waals surface area contributed by atoms with Crippen LogP contribution in [0, 0.1) is 0 Å². The maximum Gasteiger partial charge on any atom is 0.130 e. The Bertz CT molecular complexity index is 243. The van der Waals surface area contributed by atoms with Gasteiger partial charge in [0.1, 0.15) is 6.23 Å². The van der Waals surface area contributed by atoms with Crippen molar-refractivity contribution < 1.29 is 4.74 Å². The van der Waals surface area contributed by atoms with Crippen LogP contribution in [0.25, 0.3) is 0 Å². The summed E-state index contributed by atoms with van der Waals surface area (Å²) in [6.07, 6.45) is 14.3. The number of hydrogen-bond acceptors (Lipinski definition) is 2. The summed E-state index contributed by atoms with van der Waals surface area (Å²) in [5.41, 5.74) is 0.389.